The average molecular weight is 320 g/mol. The fourth-order valence-corrected chi connectivity index (χ4v) is 3.16. The number of hydrogen-bond acceptors (Lipinski definition) is 2. The molecule has 2 aromatic rings. The van der Waals surface area contributed by atoms with Crippen LogP contribution in [-0.4, -0.2) is 5.91 Å². The second kappa shape index (κ2) is 4.85. The highest BCUT2D eigenvalue weighted by atomic mass is 79.9. The van der Waals surface area contributed by atoms with Gasteiger partial charge in [-0.3, -0.25) is 4.79 Å². The van der Waals surface area contributed by atoms with Gasteiger partial charge in [0.15, 0.2) is 0 Å². The highest BCUT2D eigenvalue weighted by Crippen LogP contribution is 2.35. The van der Waals surface area contributed by atoms with E-state index in [9.17, 15) is 4.79 Å². The third-order valence-corrected chi connectivity index (χ3v) is 4.51. The number of halogens is 1. The fourth-order valence-electron chi connectivity index (χ4n) is 2.40. The van der Waals surface area contributed by atoms with Crippen molar-refractivity contribution in [2.24, 2.45) is 0 Å². The maximum absolute atomic E-state index is 11.3. The van der Waals surface area contributed by atoms with Gasteiger partial charge in [0.25, 0.3) is 0 Å². The van der Waals surface area contributed by atoms with Gasteiger partial charge in [-0.25, -0.2) is 0 Å². The molecule has 19 heavy (non-hydrogen) atoms. The molecule has 0 radical (unpaired) electrons. The number of carbonyl (C=O) groups excluding carboxylic acids is 1. The lowest BCUT2D eigenvalue weighted by atomic mass is 9.97. The Kier molecular flexibility index (Phi) is 3.19. The van der Waals surface area contributed by atoms with E-state index in [0.29, 0.717) is 6.42 Å². The van der Waals surface area contributed by atoms with Crippen LogP contribution in [0.4, 0.5) is 5.69 Å². The number of aryl methyl sites for hydroxylation is 2. The maximum Gasteiger partial charge on any atom is 0.224 e. The standard InChI is InChI=1S/C15H14BrNO2/c1-9-12(6-7-19-9)15(16)11-2-4-13-10(8-11)3-5-14(18)17-13/h2,4,6-8,15H,3,5H2,1H3,(H,17,18). The van der Waals surface area contributed by atoms with Crippen LogP contribution in [0, 0.1) is 6.92 Å². The summed E-state index contributed by atoms with van der Waals surface area (Å²) in [7, 11) is 0. The number of hydrogen-bond donors (Lipinski definition) is 1. The third kappa shape index (κ3) is 2.32. The van der Waals surface area contributed by atoms with Crippen LogP contribution in [0.2, 0.25) is 0 Å². The topological polar surface area (TPSA) is 42.2 Å². The first kappa shape index (κ1) is 12.5. The molecule has 1 atom stereocenters. The van der Waals surface area contributed by atoms with E-state index in [1.165, 1.54) is 11.1 Å². The van der Waals surface area contributed by atoms with Gasteiger partial charge in [-0.2, -0.15) is 0 Å². The van der Waals surface area contributed by atoms with Crippen molar-refractivity contribution in [2.75, 3.05) is 5.32 Å². The lowest BCUT2D eigenvalue weighted by Gasteiger charge is -2.19. The Morgan fingerprint density at radius 1 is 1.32 bits per heavy atom. The highest BCUT2D eigenvalue weighted by molar-refractivity contribution is 9.09. The van der Waals surface area contributed by atoms with Crippen molar-refractivity contribution in [3.05, 3.63) is 53.0 Å². The molecule has 1 aliphatic heterocycles. The SMILES string of the molecule is Cc1occc1C(Br)c1ccc2c(c1)CCC(=O)N2. The summed E-state index contributed by atoms with van der Waals surface area (Å²) >= 11 is 3.72. The Bertz CT molecular complexity index is 633. The van der Waals surface area contributed by atoms with Crippen LogP contribution in [-0.2, 0) is 11.2 Å². The summed E-state index contributed by atoms with van der Waals surface area (Å²) in [6.07, 6.45) is 3.07. The number of benzene rings is 1. The predicted octanol–water partition coefficient (Wildman–Crippen LogP) is 3.96. The summed E-state index contributed by atoms with van der Waals surface area (Å²) in [4.78, 5) is 11.5. The van der Waals surface area contributed by atoms with E-state index in [1.807, 2.05) is 25.1 Å². The molecule has 0 saturated heterocycles. The van der Waals surface area contributed by atoms with Crippen LogP contribution in [0.25, 0.3) is 0 Å². The van der Waals surface area contributed by atoms with Gasteiger partial charge in [0.05, 0.1) is 11.1 Å². The summed E-state index contributed by atoms with van der Waals surface area (Å²) in [6, 6.07) is 8.15. The number of carbonyl (C=O) groups is 1. The number of amides is 1. The minimum absolute atomic E-state index is 0.0984. The molecule has 0 aliphatic carbocycles. The van der Waals surface area contributed by atoms with E-state index < -0.39 is 0 Å². The average Bonchev–Trinajstić information content (AvgIpc) is 2.83. The maximum atomic E-state index is 11.3. The number of nitrogens with one attached hydrogen (secondary N) is 1. The number of anilines is 1. The van der Waals surface area contributed by atoms with Gasteiger partial charge >= 0.3 is 0 Å². The molecule has 3 nitrogen and oxygen atoms in total. The molecule has 0 spiro atoms. The molecule has 0 fully saturated rings. The van der Waals surface area contributed by atoms with Gasteiger partial charge in [0.1, 0.15) is 5.76 Å². The van der Waals surface area contributed by atoms with E-state index in [1.54, 1.807) is 6.26 Å². The minimum Gasteiger partial charge on any atom is -0.469 e. The summed E-state index contributed by atoms with van der Waals surface area (Å²) < 4.78 is 5.35. The molecule has 4 heteroatoms. The molecule has 3 rings (SSSR count). The molecule has 2 heterocycles. The number of alkyl halides is 1. The number of furan rings is 1. The molecule has 1 aromatic carbocycles. The molecule has 1 unspecified atom stereocenters. The molecule has 0 saturated carbocycles. The number of rotatable bonds is 2. The van der Waals surface area contributed by atoms with Gasteiger partial charge in [0.2, 0.25) is 5.91 Å². The summed E-state index contributed by atoms with van der Waals surface area (Å²) in [5.41, 5.74) is 4.45. The van der Waals surface area contributed by atoms with Crippen molar-refractivity contribution in [1.82, 2.24) is 0 Å². The monoisotopic (exact) mass is 319 g/mol. The molecule has 0 bridgehead atoms. The van der Waals surface area contributed by atoms with Gasteiger partial charge in [-0.1, -0.05) is 28.1 Å². The van der Waals surface area contributed by atoms with Crippen molar-refractivity contribution in [1.29, 1.82) is 0 Å². The largest absolute Gasteiger partial charge is 0.469 e. The van der Waals surface area contributed by atoms with Crippen LogP contribution in [0.1, 0.15) is 33.7 Å². The van der Waals surface area contributed by atoms with E-state index in [2.05, 4.69) is 27.3 Å². The number of fused-ring (bicyclic) bond motifs is 1. The van der Waals surface area contributed by atoms with E-state index in [-0.39, 0.29) is 10.7 Å². The zero-order valence-electron chi connectivity index (χ0n) is 10.6. The quantitative estimate of drug-likeness (QED) is 0.851. The third-order valence-electron chi connectivity index (χ3n) is 3.49. The van der Waals surface area contributed by atoms with Gasteiger partial charge in [-0.15, -0.1) is 0 Å². The smallest absolute Gasteiger partial charge is 0.224 e. The lowest BCUT2D eigenvalue weighted by Crippen LogP contribution is -2.19. The van der Waals surface area contributed by atoms with Crippen molar-refractivity contribution in [3.8, 4) is 0 Å². The van der Waals surface area contributed by atoms with Crippen molar-refractivity contribution < 1.29 is 9.21 Å². The Labute approximate surface area is 120 Å². The Morgan fingerprint density at radius 2 is 2.16 bits per heavy atom. The zero-order valence-corrected chi connectivity index (χ0v) is 12.2. The summed E-state index contributed by atoms with van der Waals surface area (Å²) in [5.74, 6) is 1.02. The fraction of sp³-hybridized carbons (Fsp3) is 0.267. The Hall–Kier alpha value is -1.55. The molecule has 1 aliphatic rings. The van der Waals surface area contributed by atoms with Crippen LogP contribution in [0.3, 0.4) is 0 Å². The van der Waals surface area contributed by atoms with Crippen molar-refractivity contribution >= 4 is 27.5 Å². The molecule has 1 aromatic heterocycles. The van der Waals surface area contributed by atoms with Gasteiger partial charge in [-0.05, 0) is 36.6 Å². The Balaban J connectivity index is 1.94. The summed E-state index contributed by atoms with van der Waals surface area (Å²) in [5, 5.41) is 2.90. The van der Waals surface area contributed by atoms with Crippen molar-refractivity contribution in [3.63, 3.8) is 0 Å². The molecule has 98 valence electrons. The lowest BCUT2D eigenvalue weighted by molar-refractivity contribution is -0.116. The molecule has 1 N–H and O–H groups in total. The second-order valence-corrected chi connectivity index (χ2v) is 5.68. The normalized spacial score (nSPS) is 15.8. The van der Waals surface area contributed by atoms with E-state index >= 15 is 0 Å². The first-order chi connectivity index (χ1) is 9.15. The van der Waals surface area contributed by atoms with Crippen LogP contribution in [0.5, 0.6) is 0 Å². The second-order valence-electron chi connectivity index (χ2n) is 4.76. The molecular weight excluding hydrogens is 306 g/mol. The minimum atomic E-state index is 0.0984. The van der Waals surface area contributed by atoms with E-state index in [4.69, 9.17) is 4.42 Å². The van der Waals surface area contributed by atoms with Gasteiger partial charge < -0.3 is 9.73 Å². The highest BCUT2D eigenvalue weighted by Gasteiger charge is 2.19. The van der Waals surface area contributed by atoms with E-state index in [0.717, 1.165) is 23.4 Å². The van der Waals surface area contributed by atoms with Gasteiger partial charge in [0, 0.05) is 17.7 Å². The molecule has 1 amide bonds. The van der Waals surface area contributed by atoms with Crippen molar-refractivity contribution in [2.45, 2.75) is 24.6 Å². The first-order valence-electron chi connectivity index (χ1n) is 6.26. The van der Waals surface area contributed by atoms with Crippen LogP contribution in [0.15, 0.2) is 34.9 Å². The van der Waals surface area contributed by atoms with Crippen LogP contribution >= 0.6 is 15.9 Å². The van der Waals surface area contributed by atoms with Crippen LogP contribution < -0.4 is 5.32 Å². The first-order valence-corrected chi connectivity index (χ1v) is 7.17. The predicted molar refractivity (Wildman–Crippen MR) is 77.6 cm³/mol. The Morgan fingerprint density at radius 3 is 2.89 bits per heavy atom. The zero-order chi connectivity index (χ0) is 13.4. The molecular formula is C15H14BrNO2. The summed E-state index contributed by atoms with van der Waals surface area (Å²) in [6.45, 7) is 1.96.